The largest absolute Gasteiger partial charge is 0.493 e. The van der Waals surface area contributed by atoms with Gasteiger partial charge in [0.05, 0.1) is 20.3 Å². The van der Waals surface area contributed by atoms with E-state index in [0.717, 1.165) is 11.1 Å². The number of aromatic nitrogens is 3. The predicted molar refractivity (Wildman–Crippen MR) is 92.1 cm³/mol. The maximum atomic E-state index is 6.32. The minimum atomic E-state index is -0.434. The van der Waals surface area contributed by atoms with Crippen LogP contribution in [0.5, 0.6) is 11.5 Å². The lowest BCUT2D eigenvalue weighted by Crippen LogP contribution is -2.14. The number of aromatic amines is 1. The van der Waals surface area contributed by atoms with E-state index in [1.165, 1.54) is 5.56 Å². The fraction of sp³-hybridized carbons (Fsp3) is 0.222. The molecule has 124 valence electrons. The summed E-state index contributed by atoms with van der Waals surface area (Å²) in [5, 5.41) is 7.19. The average Bonchev–Trinajstić information content (AvgIpc) is 3.11. The molecule has 0 unspecified atom stereocenters. The second-order valence-corrected chi connectivity index (χ2v) is 5.50. The van der Waals surface area contributed by atoms with Crippen molar-refractivity contribution in [3.8, 4) is 22.9 Å². The Hall–Kier alpha value is -2.86. The van der Waals surface area contributed by atoms with Gasteiger partial charge in [0.15, 0.2) is 17.3 Å². The number of nitrogens with one attached hydrogen (secondary N) is 1. The van der Waals surface area contributed by atoms with Gasteiger partial charge in [0, 0.05) is 5.56 Å². The normalized spacial score (nSPS) is 12.0. The number of rotatable bonds is 5. The molecule has 0 fully saturated rings. The van der Waals surface area contributed by atoms with Crippen LogP contribution in [0.3, 0.4) is 0 Å². The van der Waals surface area contributed by atoms with Crippen molar-refractivity contribution in [3.63, 3.8) is 0 Å². The van der Waals surface area contributed by atoms with E-state index in [1.54, 1.807) is 14.2 Å². The van der Waals surface area contributed by atoms with E-state index in [0.29, 0.717) is 23.1 Å². The van der Waals surface area contributed by atoms with Crippen molar-refractivity contribution < 1.29 is 9.47 Å². The molecular weight excluding hydrogens is 304 g/mol. The molecule has 0 aliphatic heterocycles. The topological polar surface area (TPSA) is 86.0 Å². The molecule has 1 atom stereocenters. The molecule has 3 rings (SSSR count). The van der Waals surface area contributed by atoms with Crippen LogP contribution < -0.4 is 15.2 Å². The molecule has 1 aromatic heterocycles. The molecule has 3 N–H and O–H groups in total. The number of benzene rings is 2. The van der Waals surface area contributed by atoms with Crippen molar-refractivity contribution in [2.75, 3.05) is 14.2 Å². The van der Waals surface area contributed by atoms with Crippen LogP contribution in [0.1, 0.15) is 23.0 Å². The molecule has 0 bridgehead atoms. The van der Waals surface area contributed by atoms with Crippen LogP contribution in [0, 0.1) is 6.92 Å². The zero-order chi connectivity index (χ0) is 17.1. The van der Waals surface area contributed by atoms with E-state index >= 15 is 0 Å². The van der Waals surface area contributed by atoms with Gasteiger partial charge in [0.2, 0.25) is 0 Å². The molecule has 6 nitrogen and oxygen atoms in total. The number of H-pyrrole nitrogens is 1. The Morgan fingerprint density at radius 2 is 1.71 bits per heavy atom. The number of hydrogen-bond donors (Lipinski definition) is 2. The minimum Gasteiger partial charge on any atom is -0.493 e. The van der Waals surface area contributed by atoms with Crippen molar-refractivity contribution in [1.29, 1.82) is 0 Å². The van der Waals surface area contributed by atoms with Gasteiger partial charge in [-0.3, -0.25) is 5.10 Å². The second kappa shape index (κ2) is 6.72. The monoisotopic (exact) mass is 324 g/mol. The third kappa shape index (κ3) is 3.09. The zero-order valence-electron chi connectivity index (χ0n) is 13.9. The van der Waals surface area contributed by atoms with Gasteiger partial charge in [-0.25, -0.2) is 4.98 Å². The first kappa shape index (κ1) is 16.0. The summed E-state index contributed by atoms with van der Waals surface area (Å²) in [5.41, 5.74) is 9.32. The molecule has 3 aromatic rings. The summed E-state index contributed by atoms with van der Waals surface area (Å²) in [5.74, 6) is 2.51. The first-order valence-corrected chi connectivity index (χ1v) is 7.59. The van der Waals surface area contributed by atoms with Crippen molar-refractivity contribution in [2.45, 2.75) is 13.0 Å². The number of hydrogen-bond acceptors (Lipinski definition) is 5. The summed E-state index contributed by atoms with van der Waals surface area (Å²) >= 11 is 0. The third-order valence-electron chi connectivity index (χ3n) is 3.87. The van der Waals surface area contributed by atoms with Crippen LogP contribution in [-0.4, -0.2) is 29.4 Å². The molecule has 0 radical (unpaired) electrons. The number of aryl methyl sites for hydroxylation is 1. The Balaban J connectivity index is 1.88. The highest BCUT2D eigenvalue weighted by molar-refractivity contribution is 5.55. The molecule has 0 saturated heterocycles. The van der Waals surface area contributed by atoms with E-state index in [4.69, 9.17) is 15.2 Å². The highest BCUT2D eigenvalue weighted by Gasteiger charge is 2.17. The van der Waals surface area contributed by atoms with Crippen LogP contribution >= 0.6 is 0 Å². The van der Waals surface area contributed by atoms with Gasteiger partial charge in [0.25, 0.3) is 0 Å². The smallest absolute Gasteiger partial charge is 0.181 e. The van der Waals surface area contributed by atoms with Crippen LogP contribution in [0.25, 0.3) is 11.4 Å². The summed E-state index contributed by atoms with van der Waals surface area (Å²) < 4.78 is 10.6. The quantitative estimate of drug-likeness (QED) is 0.753. The lowest BCUT2D eigenvalue weighted by atomic mass is 10.1. The van der Waals surface area contributed by atoms with E-state index in [-0.39, 0.29) is 0 Å². The first-order valence-electron chi connectivity index (χ1n) is 7.59. The summed E-state index contributed by atoms with van der Waals surface area (Å²) in [4.78, 5) is 4.52. The predicted octanol–water partition coefficient (Wildman–Crippen LogP) is 2.85. The van der Waals surface area contributed by atoms with E-state index in [2.05, 4.69) is 15.2 Å². The number of methoxy groups -OCH3 is 2. The van der Waals surface area contributed by atoms with E-state index < -0.39 is 6.04 Å². The number of ether oxygens (including phenoxy) is 2. The highest BCUT2D eigenvalue weighted by Crippen LogP contribution is 2.30. The van der Waals surface area contributed by atoms with Gasteiger partial charge in [-0.1, -0.05) is 35.9 Å². The van der Waals surface area contributed by atoms with Crippen LogP contribution in [-0.2, 0) is 0 Å². The molecule has 0 saturated carbocycles. The lowest BCUT2D eigenvalue weighted by molar-refractivity contribution is 0.354. The molecule has 0 aliphatic carbocycles. The summed E-state index contributed by atoms with van der Waals surface area (Å²) in [6.07, 6.45) is 0. The minimum absolute atomic E-state index is 0.434. The highest BCUT2D eigenvalue weighted by atomic mass is 16.5. The lowest BCUT2D eigenvalue weighted by Gasteiger charge is -2.13. The summed E-state index contributed by atoms with van der Waals surface area (Å²) in [7, 11) is 3.19. The summed E-state index contributed by atoms with van der Waals surface area (Å²) in [6.45, 7) is 2.04. The number of nitrogens with zero attached hydrogens (tertiary/aromatic N) is 2. The molecule has 2 aromatic carbocycles. The SMILES string of the molecule is COc1ccc([C@@H](N)c2nc(-c3ccc(C)cc3)n[nH]2)cc1OC. The standard InChI is InChI=1S/C18H20N4O2/c1-11-4-6-12(7-5-11)17-20-18(22-21-17)16(19)13-8-9-14(23-2)15(10-13)24-3/h4-10,16H,19H2,1-3H3,(H,20,21,22)/t16-/m1/s1. The van der Waals surface area contributed by atoms with Crippen LogP contribution in [0.15, 0.2) is 42.5 Å². The van der Waals surface area contributed by atoms with Gasteiger partial charge in [-0.15, -0.1) is 0 Å². The Labute approximate surface area is 140 Å². The van der Waals surface area contributed by atoms with Crippen molar-refractivity contribution in [3.05, 3.63) is 59.4 Å². The molecule has 0 spiro atoms. The fourth-order valence-corrected chi connectivity index (χ4v) is 2.45. The fourth-order valence-electron chi connectivity index (χ4n) is 2.45. The Morgan fingerprint density at radius 1 is 1.00 bits per heavy atom. The maximum absolute atomic E-state index is 6.32. The van der Waals surface area contributed by atoms with Crippen molar-refractivity contribution in [2.24, 2.45) is 5.73 Å². The molecule has 1 heterocycles. The molecule has 0 aliphatic rings. The van der Waals surface area contributed by atoms with E-state index in [9.17, 15) is 0 Å². The Morgan fingerprint density at radius 3 is 2.38 bits per heavy atom. The molecule has 6 heteroatoms. The van der Waals surface area contributed by atoms with Crippen molar-refractivity contribution >= 4 is 0 Å². The second-order valence-electron chi connectivity index (χ2n) is 5.50. The molecule has 0 amide bonds. The van der Waals surface area contributed by atoms with Crippen LogP contribution in [0.4, 0.5) is 0 Å². The zero-order valence-corrected chi connectivity index (χ0v) is 13.9. The van der Waals surface area contributed by atoms with E-state index in [1.807, 2.05) is 49.4 Å². The first-order chi connectivity index (χ1) is 11.6. The van der Waals surface area contributed by atoms with Gasteiger partial charge in [-0.05, 0) is 24.6 Å². The van der Waals surface area contributed by atoms with Gasteiger partial charge in [-0.2, -0.15) is 5.10 Å². The van der Waals surface area contributed by atoms with Gasteiger partial charge in [0.1, 0.15) is 5.82 Å². The molecular formula is C18H20N4O2. The van der Waals surface area contributed by atoms with Gasteiger partial charge >= 0.3 is 0 Å². The maximum Gasteiger partial charge on any atom is 0.181 e. The Kier molecular flexibility index (Phi) is 4.48. The number of nitrogens with two attached hydrogens (primary N) is 1. The summed E-state index contributed by atoms with van der Waals surface area (Å²) in [6, 6.07) is 13.2. The average molecular weight is 324 g/mol. The van der Waals surface area contributed by atoms with Crippen LogP contribution in [0.2, 0.25) is 0 Å². The van der Waals surface area contributed by atoms with Crippen molar-refractivity contribution in [1.82, 2.24) is 15.2 Å². The third-order valence-corrected chi connectivity index (χ3v) is 3.87. The molecule has 24 heavy (non-hydrogen) atoms. The van der Waals surface area contributed by atoms with Gasteiger partial charge < -0.3 is 15.2 Å². The Bertz CT molecular complexity index is 827.